The van der Waals surface area contributed by atoms with E-state index in [9.17, 15) is 4.79 Å². The molecule has 118 valence electrons. The van der Waals surface area contributed by atoms with Crippen LogP contribution in [-0.4, -0.2) is 27.8 Å². The van der Waals surface area contributed by atoms with E-state index in [0.29, 0.717) is 18.3 Å². The summed E-state index contributed by atoms with van der Waals surface area (Å²) in [5.41, 5.74) is 0.798. The van der Waals surface area contributed by atoms with Crippen molar-refractivity contribution >= 4 is 11.9 Å². The van der Waals surface area contributed by atoms with Crippen LogP contribution in [0, 0.1) is 0 Å². The molecule has 0 aliphatic carbocycles. The Bertz CT molecular complexity index is 791. The van der Waals surface area contributed by atoms with Crippen LogP contribution in [-0.2, 0) is 6.54 Å². The number of hydrogen-bond acceptors (Lipinski definition) is 6. The molecule has 3 rings (SSSR count). The van der Waals surface area contributed by atoms with E-state index in [-0.39, 0.29) is 5.91 Å². The van der Waals surface area contributed by atoms with Gasteiger partial charge in [-0.2, -0.15) is 9.67 Å². The fraction of sp³-hybridized carbons (Fsp3) is 0.188. The Kier molecular flexibility index (Phi) is 4.09. The molecular weight excluding hydrogens is 296 g/mol. The topological polar surface area (TPSA) is 82.2 Å². The summed E-state index contributed by atoms with van der Waals surface area (Å²) in [6.45, 7) is 1.85. The lowest BCUT2D eigenvalue weighted by molar-refractivity contribution is 0.0923. The Hall–Kier alpha value is -3.09. The Balaban J connectivity index is 1.86. The maximum Gasteiger partial charge on any atom is 0.246 e. The van der Waals surface area contributed by atoms with Gasteiger partial charge in [0.2, 0.25) is 11.9 Å². The molecule has 0 amide bonds. The highest BCUT2D eigenvalue weighted by Gasteiger charge is 2.14. The van der Waals surface area contributed by atoms with Crippen molar-refractivity contribution in [1.82, 2.24) is 14.8 Å². The van der Waals surface area contributed by atoms with Gasteiger partial charge >= 0.3 is 0 Å². The monoisotopic (exact) mass is 312 g/mol. The Morgan fingerprint density at radius 1 is 1.30 bits per heavy atom. The third kappa shape index (κ3) is 3.23. The summed E-state index contributed by atoms with van der Waals surface area (Å²) in [6, 6.07) is 11.0. The van der Waals surface area contributed by atoms with Gasteiger partial charge in [0.15, 0.2) is 5.82 Å². The molecule has 0 aliphatic heterocycles. The van der Waals surface area contributed by atoms with Gasteiger partial charge < -0.3 is 14.5 Å². The van der Waals surface area contributed by atoms with Crippen molar-refractivity contribution in [3.8, 4) is 17.1 Å². The molecule has 0 unspecified atom stereocenters. The van der Waals surface area contributed by atoms with Crippen LogP contribution in [0.4, 0.5) is 5.95 Å². The minimum absolute atomic E-state index is 0.223. The number of aromatic nitrogens is 3. The number of benzene rings is 1. The average Bonchev–Trinajstić information content (AvgIpc) is 3.22. The zero-order valence-electron chi connectivity index (χ0n) is 12.8. The van der Waals surface area contributed by atoms with Gasteiger partial charge in [0.25, 0.3) is 0 Å². The SMILES string of the molecule is COc1ccc(-c2nc(NCc3ccco3)n(C(C)=O)n2)cc1. The molecule has 2 aromatic heterocycles. The van der Waals surface area contributed by atoms with E-state index in [1.165, 1.54) is 11.6 Å². The summed E-state index contributed by atoms with van der Waals surface area (Å²) < 4.78 is 11.6. The van der Waals surface area contributed by atoms with Crippen LogP contribution in [0.5, 0.6) is 5.75 Å². The third-order valence-corrected chi connectivity index (χ3v) is 3.25. The third-order valence-electron chi connectivity index (χ3n) is 3.25. The average molecular weight is 312 g/mol. The molecule has 0 saturated heterocycles. The van der Waals surface area contributed by atoms with E-state index in [2.05, 4.69) is 15.4 Å². The molecular formula is C16H16N4O3. The van der Waals surface area contributed by atoms with Gasteiger partial charge in [0, 0.05) is 12.5 Å². The van der Waals surface area contributed by atoms with Gasteiger partial charge in [-0.25, -0.2) is 0 Å². The van der Waals surface area contributed by atoms with Crippen molar-refractivity contribution in [3.05, 3.63) is 48.4 Å². The summed E-state index contributed by atoms with van der Waals surface area (Å²) >= 11 is 0. The lowest BCUT2D eigenvalue weighted by atomic mass is 10.2. The van der Waals surface area contributed by atoms with Crippen LogP contribution in [0.3, 0.4) is 0 Å². The smallest absolute Gasteiger partial charge is 0.246 e. The highest BCUT2D eigenvalue weighted by molar-refractivity contribution is 5.79. The fourth-order valence-electron chi connectivity index (χ4n) is 2.09. The van der Waals surface area contributed by atoms with Crippen molar-refractivity contribution in [2.45, 2.75) is 13.5 Å². The van der Waals surface area contributed by atoms with Crippen molar-refractivity contribution in [1.29, 1.82) is 0 Å². The number of hydrogen-bond donors (Lipinski definition) is 1. The number of methoxy groups -OCH3 is 1. The van der Waals surface area contributed by atoms with Gasteiger partial charge in [-0.05, 0) is 36.4 Å². The van der Waals surface area contributed by atoms with E-state index in [1.807, 2.05) is 30.3 Å². The predicted octanol–water partition coefficient (Wildman–Crippen LogP) is 2.82. The molecule has 0 atom stereocenters. The number of nitrogens with zero attached hydrogens (tertiary/aromatic N) is 3. The molecule has 0 radical (unpaired) electrons. The summed E-state index contributed by atoms with van der Waals surface area (Å²) in [6.07, 6.45) is 1.59. The number of furan rings is 1. The summed E-state index contributed by atoms with van der Waals surface area (Å²) in [5, 5.41) is 7.32. The molecule has 1 aromatic carbocycles. The number of anilines is 1. The second kappa shape index (κ2) is 6.35. The summed E-state index contributed by atoms with van der Waals surface area (Å²) in [7, 11) is 1.61. The first-order chi connectivity index (χ1) is 11.2. The molecule has 0 saturated carbocycles. The van der Waals surface area contributed by atoms with Crippen LogP contribution in [0.2, 0.25) is 0 Å². The number of carbonyl (C=O) groups excluding carboxylic acids is 1. The Labute approximate surface area is 132 Å². The molecule has 0 aliphatic rings. The van der Waals surface area contributed by atoms with Gasteiger partial charge in [0.05, 0.1) is 19.9 Å². The lowest BCUT2D eigenvalue weighted by Crippen LogP contribution is -2.13. The van der Waals surface area contributed by atoms with Gasteiger partial charge in [-0.3, -0.25) is 4.79 Å². The molecule has 3 aromatic rings. The number of nitrogens with one attached hydrogen (secondary N) is 1. The van der Waals surface area contributed by atoms with Gasteiger partial charge in [-0.15, -0.1) is 5.10 Å². The van der Waals surface area contributed by atoms with Crippen molar-refractivity contribution < 1.29 is 13.9 Å². The lowest BCUT2D eigenvalue weighted by Gasteiger charge is -2.02. The highest BCUT2D eigenvalue weighted by atomic mass is 16.5. The minimum Gasteiger partial charge on any atom is -0.497 e. The van der Waals surface area contributed by atoms with Crippen LogP contribution in [0.15, 0.2) is 47.1 Å². The molecule has 1 N–H and O–H groups in total. The zero-order chi connectivity index (χ0) is 16.2. The summed E-state index contributed by atoms with van der Waals surface area (Å²) in [4.78, 5) is 16.1. The number of ether oxygens (including phenoxy) is 1. The first-order valence-electron chi connectivity index (χ1n) is 7.06. The molecule has 7 heteroatoms. The second-order valence-corrected chi connectivity index (χ2v) is 4.85. The van der Waals surface area contributed by atoms with Crippen LogP contribution >= 0.6 is 0 Å². The molecule has 7 nitrogen and oxygen atoms in total. The van der Waals surface area contributed by atoms with E-state index in [0.717, 1.165) is 17.1 Å². The van der Waals surface area contributed by atoms with Crippen LogP contribution in [0.25, 0.3) is 11.4 Å². The van der Waals surface area contributed by atoms with Crippen molar-refractivity contribution in [2.24, 2.45) is 0 Å². The van der Waals surface area contributed by atoms with E-state index in [1.54, 1.807) is 19.4 Å². The second-order valence-electron chi connectivity index (χ2n) is 4.85. The van der Waals surface area contributed by atoms with Gasteiger partial charge in [0.1, 0.15) is 11.5 Å². The number of carbonyl (C=O) groups is 1. The summed E-state index contributed by atoms with van der Waals surface area (Å²) in [5.74, 6) is 2.11. The predicted molar refractivity (Wildman–Crippen MR) is 84.3 cm³/mol. The van der Waals surface area contributed by atoms with Crippen molar-refractivity contribution in [3.63, 3.8) is 0 Å². The molecule has 0 fully saturated rings. The Morgan fingerprint density at radius 3 is 2.70 bits per heavy atom. The quantitative estimate of drug-likeness (QED) is 0.780. The highest BCUT2D eigenvalue weighted by Crippen LogP contribution is 2.21. The fourth-order valence-corrected chi connectivity index (χ4v) is 2.09. The first kappa shape index (κ1) is 14.8. The normalized spacial score (nSPS) is 10.5. The maximum atomic E-state index is 11.7. The number of rotatable bonds is 5. The standard InChI is InChI=1S/C16H16N4O3/c1-11(21)20-16(17-10-14-4-3-9-23-14)18-15(19-20)12-5-7-13(22-2)8-6-12/h3-9H,10H2,1-2H3,(H,17,18,19). The van der Waals surface area contributed by atoms with Crippen LogP contribution < -0.4 is 10.1 Å². The molecule has 2 heterocycles. The van der Waals surface area contributed by atoms with Crippen LogP contribution in [0.1, 0.15) is 17.5 Å². The minimum atomic E-state index is -0.223. The first-order valence-corrected chi connectivity index (χ1v) is 7.06. The van der Waals surface area contributed by atoms with E-state index >= 15 is 0 Å². The van der Waals surface area contributed by atoms with Gasteiger partial charge in [-0.1, -0.05) is 0 Å². The van der Waals surface area contributed by atoms with E-state index in [4.69, 9.17) is 9.15 Å². The molecule has 0 spiro atoms. The molecule has 0 bridgehead atoms. The van der Waals surface area contributed by atoms with E-state index < -0.39 is 0 Å². The maximum absolute atomic E-state index is 11.7. The largest absolute Gasteiger partial charge is 0.497 e. The Morgan fingerprint density at radius 2 is 2.09 bits per heavy atom. The molecule has 23 heavy (non-hydrogen) atoms. The van der Waals surface area contributed by atoms with Crippen molar-refractivity contribution in [2.75, 3.05) is 12.4 Å². The zero-order valence-corrected chi connectivity index (χ0v) is 12.8.